The van der Waals surface area contributed by atoms with Crippen molar-refractivity contribution >= 4 is 5.91 Å². The first-order valence-electron chi connectivity index (χ1n) is 6.28. The highest BCUT2D eigenvalue weighted by atomic mass is 16.5. The van der Waals surface area contributed by atoms with Gasteiger partial charge < -0.3 is 15.0 Å². The van der Waals surface area contributed by atoms with Gasteiger partial charge in [0.2, 0.25) is 5.91 Å². The molecule has 0 spiro atoms. The molecule has 0 aromatic heterocycles. The molecule has 0 bridgehead atoms. The van der Waals surface area contributed by atoms with Crippen LogP contribution in [0.25, 0.3) is 0 Å². The average molecular weight is 243 g/mol. The van der Waals surface area contributed by atoms with Crippen LogP contribution in [0.1, 0.15) is 13.8 Å². The fraction of sp³-hybridized carbons (Fsp3) is 0.917. The van der Waals surface area contributed by atoms with E-state index in [2.05, 4.69) is 10.2 Å². The topological polar surface area (TPSA) is 44.8 Å². The zero-order valence-electron chi connectivity index (χ0n) is 11.4. The predicted molar refractivity (Wildman–Crippen MR) is 68.0 cm³/mol. The van der Waals surface area contributed by atoms with Crippen molar-refractivity contribution in [2.75, 3.05) is 46.9 Å². The molecule has 5 heteroatoms. The number of ether oxygens (including phenoxy) is 1. The lowest BCUT2D eigenvalue weighted by atomic mass is 10.2. The van der Waals surface area contributed by atoms with Crippen molar-refractivity contribution in [3.63, 3.8) is 0 Å². The Kier molecular flexibility index (Phi) is 5.88. The molecule has 1 amide bonds. The maximum absolute atomic E-state index is 12.3. The second-order valence-corrected chi connectivity index (χ2v) is 4.72. The van der Waals surface area contributed by atoms with Gasteiger partial charge in [-0.2, -0.15) is 0 Å². The SMILES string of the molecule is COCC(C)N(C)C(=O)C(C)N1CCNCC1. The van der Waals surface area contributed by atoms with E-state index in [4.69, 9.17) is 4.74 Å². The van der Waals surface area contributed by atoms with Crippen molar-refractivity contribution in [3.05, 3.63) is 0 Å². The molecule has 0 aliphatic carbocycles. The molecule has 0 radical (unpaired) electrons. The number of rotatable bonds is 5. The Balaban J connectivity index is 2.49. The third-order valence-electron chi connectivity index (χ3n) is 3.47. The van der Waals surface area contributed by atoms with Crippen LogP contribution < -0.4 is 5.32 Å². The third kappa shape index (κ3) is 3.94. The number of nitrogens with zero attached hydrogens (tertiary/aromatic N) is 2. The first-order chi connectivity index (χ1) is 8.07. The number of carbonyl (C=O) groups is 1. The number of piperazine rings is 1. The van der Waals surface area contributed by atoms with Gasteiger partial charge in [0, 0.05) is 40.3 Å². The molecule has 17 heavy (non-hydrogen) atoms. The van der Waals surface area contributed by atoms with Gasteiger partial charge in [0.05, 0.1) is 18.7 Å². The third-order valence-corrected chi connectivity index (χ3v) is 3.47. The summed E-state index contributed by atoms with van der Waals surface area (Å²) in [5, 5.41) is 3.29. The molecule has 0 saturated carbocycles. The van der Waals surface area contributed by atoms with E-state index < -0.39 is 0 Å². The molecule has 2 atom stereocenters. The number of carbonyl (C=O) groups excluding carboxylic acids is 1. The average Bonchev–Trinajstić information content (AvgIpc) is 2.37. The summed E-state index contributed by atoms with van der Waals surface area (Å²) in [7, 11) is 3.51. The van der Waals surface area contributed by atoms with Crippen LogP contribution >= 0.6 is 0 Å². The summed E-state index contributed by atoms with van der Waals surface area (Å²) in [5.41, 5.74) is 0. The standard InChI is InChI=1S/C12H25N3O2/c1-10(9-17-4)14(3)12(16)11(2)15-7-5-13-6-8-15/h10-11,13H,5-9H2,1-4H3. The van der Waals surface area contributed by atoms with Gasteiger partial charge in [-0.05, 0) is 13.8 Å². The van der Waals surface area contributed by atoms with Crippen LogP contribution in [0.5, 0.6) is 0 Å². The summed E-state index contributed by atoms with van der Waals surface area (Å²) in [6.07, 6.45) is 0. The Bertz CT molecular complexity index is 242. The molecule has 1 aliphatic rings. The van der Waals surface area contributed by atoms with E-state index in [1.807, 2.05) is 20.9 Å². The Labute approximate surface area is 104 Å². The molecule has 100 valence electrons. The van der Waals surface area contributed by atoms with E-state index in [-0.39, 0.29) is 18.0 Å². The Morgan fingerprint density at radius 3 is 2.53 bits per heavy atom. The second-order valence-electron chi connectivity index (χ2n) is 4.72. The number of amides is 1. The summed E-state index contributed by atoms with van der Waals surface area (Å²) in [6, 6.07) is 0.0827. The first kappa shape index (κ1) is 14.4. The van der Waals surface area contributed by atoms with Crippen LogP contribution in [0.3, 0.4) is 0 Å². The molecular weight excluding hydrogens is 218 g/mol. The molecule has 2 unspecified atom stereocenters. The van der Waals surface area contributed by atoms with E-state index >= 15 is 0 Å². The highest BCUT2D eigenvalue weighted by Crippen LogP contribution is 2.07. The summed E-state index contributed by atoms with van der Waals surface area (Å²) in [4.78, 5) is 16.3. The van der Waals surface area contributed by atoms with Gasteiger partial charge in [-0.25, -0.2) is 0 Å². The molecular formula is C12H25N3O2. The quantitative estimate of drug-likeness (QED) is 0.725. The van der Waals surface area contributed by atoms with Crippen LogP contribution in [0.15, 0.2) is 0 Å². The fourth-order valence-electron chi connectivity index (χ4n) is 2.09. The van der Waals surface area contributed by atoms with Crippen molar-refractivity contribution in [1.29, 1.82) is 0 Å². The predicted octanol–water partition coefficient (Wildman–Crippen LogP) is -0.227. The fourth-order valence-corrected chi connectivity index (χ4v) is 2.09. The lowest BCUT2D eigenvalue weighted by Gasteiger charge is -2.35. The van der Waals surface area contributed by atoms with Crippen LogP contribution in [0, 0.1) is 0 Å². The molecule has 1 aliphatic heterocycles. The minimum atomic E-state index is -0.0404. The lowest BCUT2D eigenvalue weighted by Crippen LogP contribution is -2.54. The second kappa shape index (κ2) is 6.93. The molecule has 1 rings (SSSR count). The van der Waals surface area contributed by atoms with E-state index in [1.54, 1.807) is 12.0 Å². The number of likely N-dealkylation sites (N-methyl/N-ethyl adjacent to an activating group) is 1. The van der Waals surface area contributed by atoms with E-state index in [9.17, 15) is 4.79 Å². The van der Waals surface area contributed by atoms with Gasteiger partial charge in [0.25, 0.3) is 0 Å². The van der Waals surface area contributed by atoms with Crippen molar-refractivity contribution < 1.29 is 9.53 Å². The van der Waals surface area contributed by atoms with Crippen LogP contribution in [0.4, 0.5) is 0 Å². The number of nitrogens with one attached hydrogen (secondary N) is 1. The van der Waals surface area contributed by atoms with Gasteiger partial charge in [-0.3, -0.25) is 9.69 Å². The minimum Gasteiger partial charge on any atom is -0.383 e. The number of hydrogen-bond donors (Lipinski definition) is 1. The highest BCUT2D eigenvalue weighted by molar-refractivity contribution is 5.81. The van der Waals surface area contributed by atoms with Crippen molar-refractivity contribution in [2.24, 2.45) is 0 Å². The van der Waals surface area contributed by atoms with E-state index in [0.29, 0.717) is 6.61 Å². The van der Waals surface area contributed by atoms with Gasteiger partial charge in [-0.1, -0.05) is 0 Å². The lowest BCUT2D eigenvalue weighted by molar-refractivity contribution is -0.138. The molecule has 1 fully saturated rings. The smallest absolute Gasteiger partial charge is 0.239 e. The Hall–Kier alpha value is -0.650. The van der Waals surface area contributed by atoms with Crippen molar-refractivity contribution in [3.8, 4) is 0 Å². The molecule has 0 aromatic rings. The van der Waals surface area contributed by atoms with Gasteiger partial charge in [-0.15, -0.1) is 0 Å². The maximum atomic E-state index is 12.3. The van der Waals surface area contributed by atoms with Gasteiger partial charge in [0.15, 0.2) is 0 Å². The maximum Gasteiger partial charge on any atom is 0.239 e. The van der Waals surface area contributed by atoms with Gasteiger partial charge in [0.1, 0.15) is 0 Å². The van der Waals surface area contributed by atoms with Crippen LogP contribution in [-0.4, -0.2) is 74.7 Å². The highest BCUT2D eigenvalue weighted by Gasteiger charge is 2.27. The normalized spacial score (nSPS) is 20.9. The summed E-state index contributed by atoms with van der Waals surface area (Å²) >= 11 is 0. The van der Waals surface area contributed by atoms with E-state index in [0.717, 1.165) is 26.2 Å². The van der Waals surface area contributed by atoms with Gasteiger partial charge >= 0.3 is 0 Å². The largest absolute Gasteiger partial charge is 0.383 e. The molecule has 1 saturated heterocycles. The van der Waals surface area contributed by atoms with E-state index in [1.165, 1.54) is 0 Å². The molecule has 5 nitrogen and oxygen atoms in total. The van der Waals surface area contributed by atoms with Crippen LogP contribution in [0.2, 0.25) is 0 Å². The zero-order chi connectivity index (χ0) is 12.8. The summed E-state index contributed by atoms with van der Waals surface area (Å²) in [6.45, 7) is 8.40. The summed E-state index contributed by atoms with van der Waals surface area (Å²) in [5.74, 6) is 0.177. The minimum absolute atomic E-state index is 0.0404. The number of hydrogen-bond acceptors (Lipinski definition) is 4. The summed E-state index contributed by atoms with van der Waals surface area (Å²) < 4.78 is 5.08. The molecule has 1 N–H and O–H groups in total. The first-order valence-corrected chi connectivity index (χ1v) is 6.28. The Morgan fingerprint density at radius 2 is 2.00 bits per heavy atom. The molecule has 1 heterocycles. The molecule has 0 aromatic carbocycles. The van der Waals surface area contributed by atoms with Crippen molar-refractivity contribution in [2.45, 2.75) is 25.9 Å². The number of methoxy groups -OCH3 is 1. The zero-order valence-corrected chi connectivity index (χ0v) is 11.4. The van der Waals surface area contributed by atoms with Crippen LogP contribution in [-0.2, 0) is 9.53 Å². The Morgan fingerprint density at radius 1 is 1.41 bits per heavy atom. The van der Waals surface area contributed by atoms with Crippen molar-refractivity contribution in [1.82, 2.24) is 15.1 Å². The monoisotopic (exact) mass is 243 g/mol.